The zero-order valence-corrected chi connectivity index (χ0v) is 11.9. The highest BCUT2D eigenvalue weighted by atomic mass is 16.8. The molecule has 0 unspecified atom stereocenters. The number of non-ortho nitro benzene ring substituents is 1. The Labute approximate surface area is 112 Å². The molecule has 1 saturated heterocycles. The van der Waals surface area contributed by atoms with Crippen molar-refractivity contribution in [2.45, 2.75) is 51.6 Å². The molecular weight excluding hydrogens is 246 g/mol. The van der Waals surface area contributed by atoms with Crippen LogP contribution in [0.1, 0.15) is 40.2 Å². The van der Waals surface area contributed by atoms with Gasteiger partial charge in [-0.25, -0.2) is 0 Å². The van der Waals surface area contributed by atoms with Crippen molar-refractivity contribution in [1.29, 1.82) is 0 Å². The van der Waals surface area contributed by atoms with Crippen molar-refractivity contribution < 1.29 is 14.4 Å². The van der Waals surface area contributed by atoms with Gasteiger partial charge in [-0.3, -0.25) is 10.1 Å². The highest BCUT2D eigenvalue weighted by Gasteiger charge is 2.55. The second-order valence-electron chi connectivity index (χ2n) is 5.98. The quantitative estimate of drug-likeness (QED) is 0.607. The molecule has 0 N–H and O–H groups in total. The number of ether oxygens (including phenoxy) is 2. The molecule has 0 spiro atoms. The van der Waals surface area contributed by atoms with E-state index in [9.17, 15) is 10.1 Å². The smallest absolute Gasteiger partial charge is 0.269 e. The Morgan fingerprint density at radius 2 is 1.58 bits per heavy atom. The molecule has 1 aromatic rings. The van der Waals surface area contributed by atoms with Gasteiger partial charge in [0.15, 0.2) is 5.79 Å². The van der Waals surface area contributed by atoms with Crippen LogP contribution in [0.15, 0.2) is 24.3 Å². The number of hydrogen-bond donors (Lipinski definition) is 0. The largest absolute Gasteiger partial charge is 0.337 e. The first-order valence-corrected chi connectivity index (χ1v) is 6.23. The fraction of sp³-hybridized carbons (Fsp3) is 0.571. The predicted molar refractivity (Wildman–Crippen MR) is 70.8 cm³/mol. The van der Waals surface area contributed by atoms with Crippen molar-refractivity contribution in [3.05, 3.63) is 39.9 Å². The Morgan fingerprint density at radius 3 is 2.05 bits per heavy atom. The minimum atomic E-state index is -0.973. The molecule has 0 radical (unpaired) electrons. The molecule has 0 amide bonds. The lowest BCUT2D eigenvalue weighted by atomic mass is 9.90. The number of nitrogens with zero attached hydrogens (tertiary/aromatic N) is 1. The summed E-state index contributed by atoms with van der Waals surface area (Å²) >= 11 is 0. The van der Waals surface area contributed by atoms with Gasteiger partial charge in [-0.15, -0.1) is 0 Å². The molecule has 2 rings (SSSR count). The van der Waals surface area contributed by atoms with Gasteiger partial charge in [0.1, 0.15) is 0 Å². The third kappa shape index (κ3) is 2.24. The number of nitro groups is 1. The molecule has 0 atom stereocenters. The van der Waals surface area contributed by atoms with E-state index in [0.717, 1.165) is 0 Å². The summed E-state index contributed by atoms with van der Waals surface area (Å²) in [4.78, 5) is 10.4. The Bertz CT molecular complexity index is 506. The second-order valence-corrected chi connectivity index (χ2v) is 5.98. The summed E-state index contributed by atoms with van der Waals surface area (Å²) in [5.41, 5.74) is -0.271. The first-order chi connectivity index (χ1) is 8.57. The van der Waals surface area contributed by atoms with E-state index in [4.69, 9.17) is 9.47 Å². The fourth-order valence-electron chi connectivity index (χ4n) is 2.26. The molecule has 0 aromatic heterocycles. The molecule has 0 saturated carbocycles. The van der Waals surface area contributed by atoms with Crippen LogP contribution in [0.2, 0.25) is 0 Å². The average molecular weight is 265 g/mol. The Balaban J connectivity index is 2.43. The lowest BCUT2D eigenvalue weighted by Crippen LogP contribution is -2.41. The second kappa shape index (κ2) is 4.02. The summed E-state index contributed by atoms with van der Waals surface area (Å²) in [6.07, 6.45) is 0. The van der Waals surface area contributed by atoms with Gasteiger partial charge < -0.3 is 9.47 Å². The normalized spacial score (nSPS) is 23.2. The van der Waals surface area contributed by atoms with Gasteiger partial charge in [0.05, 0.1) is 16.1 Å². The summed E-state index contributed by atoms with van der Waals surface area (Å²) in [5, 5.41) is 10.9. The molecule has 1 heterocycles. The number of nitro benzene ring substituents is 1. The lowest BCUT2D eigenvalue weighted by molar-refractivity contribution is -0.385. The maximum atomic E-state index is 10.9. The minimum Gasteiger partial charge on any atom is -0.337 e. The van der Waals surface area contributed by atoms with E-state index in [2.05, 4.69) is 0 Å². The van der Waals surface area contributed by atoms with Crippen molar-refractivity contribution in [3.63, 3.8) is 0 Å². The predicted octanol–water partition coefficient (Wildman–Crippen LogP) is 3.37. The molecule has 5 nitrogen and oxygen atoms in total. The third-order valence-electron chi connectivity index (χ3n) is 3.93. The van der Waals surface area contributed by atoms with Crippen LogP contribution < -0.4 is 0 Å². The molecule has 104 valence electrons. The van der Waals surface area contributed by atoms with Gasteiger partial charge >= 0.3 is 0 Å². The molecule has 19 heavy (non-hydrogen) atoms. The number of benzene rings is 1. The van der Waals surface area contributed by atoms with Crippen LogP contribution in [0.5, 0.6) is 0 Å². The molecule has 0 aliphatic carbocycles. The van der Waals surface area contributed by atoms with Crippen molar-refractivity contribution in [2.24, 2.45) is 0 Å². The Kier molecular flexibility index (Phi) is 2.95. The Hall–Kier alpha value is -1.46. The highest BCUT2D eigenvalue weighted by molar-refractivity contribution is 5.36. The van der Waals surface area contributed by atoms with Crippen LogP contribution in [-0.2, 0) is 15.3 Å². The van der Waals surface area contributed by atoms with Gasteiger partial charge in [-0.2, -0.15) is 0 Å². The van der Waals surface area contributed by atoms with Gasteiger partial charge in [0.25, 0.3) is 5.69 Å². The minimum absolute atomic E-state index is 0.0356. The van der Waals surface area contributed by atoms with E-state index < -0.39 is 21.9 Å². The third-order valence-corrected chi connectivity index (χ3v) is 3.93. The fourth-order valence-corrected chi connectivity index (χ4v) is 2.26. The first-order valence-electron chi connectivity index (χ1n) is 6.23. The van der Waals surface area contributed by atoms with Crippen molar-refractivity contribution in [3.8, 4) is 0 Å². The topological polar surface area (TPSA) is 61.6 Å². The maximum absolute atomic E-state index is 10.9. The van der Waals surface area contributed by atoms with Gasteiger partial charge in [-0.05, 0) is 34.6 Å². The van der Waals surface area contributed by atoms with Gasteiger partial charge in [-0.1, -0.05) is 12.1 Å². The van der Waals surface area contributed by atoms with Crippen LogP contribution in [0, 0.1) is 10.1 Å². The molecule has 1 aliphatic rings. The molecular formula is C14H19NO4. The van der Waals surface area contributed by atoms with E-state index in [-0.39, 0.29) is 5.69 Å². The SMILES string of the molecule is CC1(c2cccc([N+](=O)[O-])c2)OC(C)(C)C(C)(C)O1. The summed E-state index contributed by atoms with van der Waals surface area (Å²) in [6.45, 7) is 9.61. The highest BCUT2D eigenvalue weighted by Crippen LogP contribution is 2.48. The summed E-state index contributed by atoms with van der Waals surface area (Å²) in [7, 11) is 0. The van der Waals surface area contributed by atoms with Crippen LogP contribution in [-0.4, -0.2) is 16.1 Å². The van der Waals surface area contributed by atoms with Crippen LogP contribution in [0.25, 0.3) is 0 Å². The Morgan fingerprint density at radius 1 is 1.05 bits per heavy atom. The first kappa shape index (κ1) is 14.0. The van der Waals surface area contributed by atoms with Crippen molar-refractivity contribution in [2.75, 3.05) is 0 Å². The molecule has 1 fully saturated rings. The molecule has 5 heteroatoms. The van der Waals surface area contributed by atoms with E-state index in [1.165, 1.54) is 12.1 Å². The lowest BCUT2D eigenvalue weighted by Gasteiger charge is -2.30. The van der Waals surface area contributed by atoms with Gasteiger partial charge in [0.2, 0.25) is 0 Å². The monoisotopic (exact) mass is 265 g/mol. The van der Waals surface area contributed by atoms with E-state index in [1.807, 2.05) is 27.7 Å². The van der Waals surface area contributed by atoms with Crippen LogP contribution in [0.3, 0.4) is 0 Å². The molecule has 1 aromatic carbocycles. The van der Waals surface area contributed by atoms with Crippen molar-refractivity contribution >= 4 is 5.69 Å². The molecule has 0 bridgehead atoms. The number of rotatable bonds is 2. The average Bonchev–Trinajstić information content (AvgIpc) is 2.44. The van der Waals surface area contributed by atoms with Crippen LogP contribution >= 0.6 is 0 Å². The maximum Gasteiger partial charge on any atom is 0.269 e. The van der Waals surface area contributed by atoms with E-state index in [0.29, 0.717) is 5.56 Å². The summed E-state index contributed by atoms with van der Waals surface area (Å²) in [6, 6.07) is 6.38. The van der Waals surface area contributed by atoms with Crippen LogP contribution in [0.4, 0.5) is 5.69 Å². The van der Waals surface area contributed by atoms with E-state index >= 15 is 0 Å². The van der Waals surface area contributed by atoms with E-state index in [1.54, 1.807) is 19.1 Å². The summed E-state index contributed by atoms with van der Waals surface area (Å²) < 4.78 is 12.1. The zero-order valence-electron chi connectivity index (χ0n) is 11.9. The van der Waals surface area contributed by atoms with Gasteiger partial charge in [0, 0.05) is 17.7 Å². The molecule has 1 aliphatic heterocycles. The van der Waals surface area contributed by atoms with Crippen molar-refractivity contribution in [1.82, 2.24) is 0 Å². The zero-order chi connectivity index (χ0) is 14.5. The number of hydrogen-bond acceptors (Lipinski definition) is 4. The standard InChI is InChI=1S/C14H19NO4/c1-12(2)13(3,4)19-14(5,18-12)10-7-6-8-11(9-10)15(16)17/h6-9H,1-5H3. The summed E-state index contributed by atoms with van der Waals surface area (Å²) in [5.74, 6) is -0.973.